The molecule has 0 aliphatic heterocycles. The number of hydrogen-bond donors (Lipinski definition) is 2. The number of hydrogen-bond acceptors (Lipinski definition) is 5. The summed E-state index contributed by atoms with van der Waals surface area (Å²) < 4.78 is 1.41. The van der Waals surface area contributed by atoms with Gasteiger partial charge in [0.2, 0.25) is 0 Å². The number of aromatic nitrogens is 4. The van der Waals surface area contributed by atoms with Gasteiger partial charge in [-0.3, -0.25) is 19.3 Å². The molecule has 8 heteroatoms. The minimum atomic E-state index is -0.713. The average molecular weight is 362 g/mol. The van der Waals surface area contributed by atoms with Crippen molar-refractivity contribution < 1.29 is 9.59 Å². The van der Waals surface area contributed by atoms with E-state index < -0.39 is 11.8 Å². The van der Waals surface area contributed by atoms with E-state index in [2.05, 4.69) is 20.4 Å². The van der Waals surface area contributed by atoms with Crippen LogP contribution in [0.2, 0.25) is 0 Å². The summed E-state index contributed by atoms with van der Waals surface area (Å²) in [4.78, 5) is 32.9. The van der Waals surface area contributed by atoms with Gasteiger partial charge in [-0.25, -0.2) is 4.98 Å². The summed E-state index contributed by atoms with van der Waals surface area (Å²) >= 11 is 0. The number of nitrogens with one attached hydrogen (secondary N) is 1. The summed E-state index contributed by atoms with van der Waals surface area (Å²) in [6.07, 6.45) is 5.69. The number of aryl methyl sites for hydroxylation is 1. The van der Waals surface area contributed by atoms with Crippen LogP contribution >= 0.6 is 0 Å². The van der Waals surface area contributed by atoms with Gasteiger partial charge >= 0.3 is 0 Å². The van der Waals surface area contributed by atoms with E-state index in [1.807, 2.05) is 18.2 Å². The quantitative estimate of drug-likeness (QED) is 0.721. The minimum absolute atomic E-state index is 0.00173. The zero-order valence-electron chi connectivity index (χ0n) is 14.7. The van der Waals surface area contributed by atoms with Crippen molar-refractivity contribution in [2.24, 2.45) is 12.8 Å². The third kappa shape index (κ3) is 3.55. The average Bonchev–Trinajstić information content (AvgIpc) is 3.45. The van der Waals surface area contributed by atoms with Crippen LogP contribution in [0.25, 0.3) is 11.3 Å². The molecule has 3 aromatic rings. The Labute approximate surface area is 155 Å². The predicted molar refractivity (Wildman–Crippen MR) is 99.1 cm³/mol. The van der Waals surface area contributed by atoms with Gasteiger partial charge in [-0.15, -0.1) is 0 Å². The molecule has 1 aliphatic carbocycles. The molecule has 0 unspecified atom stereocenters. The van der Waals surface area contributed by atoms with Gasteiger partial charge < -0.3 is 11.1 Å². The number of anilines is 1. The number of carbonyl (C=O) groups excluding carboxylic acids is 2. The summed E-state index contributed by atoms with van der Waals surface area (Å²) in [5.74, 6) is -0.576. The summed E-state index contributed by atoms with van der Waals surface area (Å²) in [6, 6.07) is 9.16. The molecule has 1 aliphatic rings. The predicted octanol–water partition coefficient (Wildman–Crippen LogP) is 2.11. The smallest absolute Gasteiger partial charge is 0.274 e. The van der Waals surface area contributed by atoms with Crippen LogP contribution in [0.3, 0.4) is 0 Å². The van der Waals surface area contributed by atoms with Crippen LogP contribution in [0, 0.1) is 0 Å². The van der Waals surface area contributed by atoms with E-state index >= 15 is 0 Å². The molecule has 0 radical (unpaired) electrons. The summed E-state index contributed by atoms with van der Waals surface area (Å²) in [7, 11) is 1.64. The SMILES string of the molecule is Cn1cc(NC(=O)c2cccc(-c3ccc(C4CC4)nc3)n2)c(C(N)=O)n1. The molecule has 1 fully saturated rings. The van der Waals surface area contributed by atoms with E-state index in [-0.39, 0.29) is 17.1 Å². The first-order chi connectivity index (χ1) is 13.0. The zero-order chi connectivity index (χ0) is 19.0. The lowest BCUT2D eigenvalue weighted by atomic mass is 10.1. The highest BCUT2D eigenvalue weighted by atomic mass is 16.2. The van der Waals surface area contributed by atoms with Gasteiger partial charge in [-0.1, -0.05) is 6.07 Å². The van der Waals surface area contributed by atoms with Crippen molar-refractivity contribution in [3.8, 4) is 11.3 Å². The fraction of sp³-hybridized carbons (Fsp3) is 0.211. The first kappa shape index (κ1) is 16.9. The van der Waals surface area contributed by atoms with E-state index in [1.165, 1.54) is 23.7 Å². The molecule has 3 aromatic heterocycles. The van der Waals surface area contributed by atoms with Crippen molar-refractivity contribution in [3.63, 3.8) is 0 Å². The Morgan fingerprint density at radius 3 is 2.70 bits per heavy atom. The second-order valence-corrected chi connectivity index (χ2v) is 6.54. The first-order valence-electron chi connectivity index (χ1n) is 8.59. The Balaban J connectivity index is 1.56. The molecule has 2 amide bonds. The molecular formula is C19H18N6O2. The van der Waals surface area contributed by atoms with Gasteiger partial charge in [0, 0.05) is 36.6 Å². The molecule has 0 aromatic carbocycles. The number of rotatable bonds is 5. The Morgan fingerprint density at radius 2 is 2.04 bits per heavy atom. The fourth-order valence-electron chi connectivity index (χ4n) is 2.85. The number of nitrogens with zero attached hydrogens (tertiary/aromatic N) is 4. The zero-order valence-corrected chi connectivity index (χ0v) is 14.7. The van der Waals surface area contributed by atoms with E-state index in [4.69, 9.17) is 5.73 Å². The Kier molecular flexibility index (Phi) is 4.15. The molecule has 3 N–H and O–H groups in total. The van der Waals surface area contributed by atoms with Gasteiger partial charge in [-0.2, -0.15) is 5.10 Å². The van der Waals surface area contributed by atoms with Crippen LogP contribution in [-0.4, -0.2) is 31.6 Å². The third-order valence-corrected chi connectivity index (χ3v) is 4.37. The van der Waals surface area contributed by atoms with Crippen molar-refractivity contribution >= 4 is 17.5 Å². The second-order valence-electron chi connectivity index (χ2n) is 6.54. The van der Waals surface area contributed by atoms with Crippen LogP contribution < -0.4 is 11.1 Å². The second kappa shape index (κ2) is 6.64. The van der Waals surface area contributed by atoms with Gasteiger partial charge in [0.1, 0.15) is 5.69 Å². The maximum atomic E-state index is 12.6. The van der Waals surface area contributed by atoms with Crippen LogP contribution in [0.15, 0.2) is 42.7 Å². The monoisotopic (exact) mass is 362 g/mol. The normalized spacial score (nSPS) is 13.4. The van der Waals surface area contributed by atoms with E-state index in [9.17, 15) is 9.59 Å². The van der Waals surface area contributed by atoms with Crippen LogP contribution in [0.4, 0.5) is 5.69 Å². The molecule has 0 atom stereocenters. The molecule has 0 saturated heterocycles. The van der Waals surface area contributed by atoms with Crippen molar-refractivity contribution in [3.05, 3.63) is 59.8 Å². The lowest BCUT2D eigenvalue weighted by Gasteiger charge is -2.06. The molecule has 8 nitrogen and oxygen atoms in total. The molecule has 0 bridgehead atoms. The van der Waals surface area contributed by atoms with Gasteiger partial charge in [0.25, 0.3) is 11.8 Å². The molecule has 4 rings (SSSR count). The Bertz CT molecular complexity index is 1020. The van der Waals surface area contributed by atoms with E-state index in [0.29, 0.717) is 11.6 Å². The number of pyridine rings is 2. The van der Waals surface area contributed by atoms with Gasteiger partial charge in [-0.05, 0) is 37.1 Å². The fourth-order valence-corrected chi connectivity index (χ4v) is 2.85. The first-order valence-corrected chi connectivity index (χ1v) is 8.59. The number of primary amides is 1. The largest absolute Gasteiger partial charge is 0.364 e. The van der Waals surface area contributed by atoms with Crippen LogP contribution in [0.1, 0.15) is 45.4 Å². The highest BCUT2D eigenvalue weighted by Gasteiger charge is 2.24. The molecule has 1 saturated carbocycles. The maximum Gasteiger partial charge on any atom is 0.274 e. The van der Waals surface area contributed by atoms with Crippen molar-refractivity contribution in [2.45, 2.75) is 18.8 Å². The molecule has 27 heavy (non-hydrogen) atoms. The van der Waals surface area contributed by atoms with Crippen LogP contribution in [0.5, 0.6) is 0 Å². The molecular weight excluding hydrogens is 344 g/mol. The number of nitrogens with two attached hydrogens (primary N) is 1. The molecule has 136 valence electrons. The van der Waals surface area contributed by atoms with Gasteiger partial charge in [0.15, 0.2) is 5.69 Å². The lowest BCUT2D eigenvalue weighted by Crippen LogP contribution is -2.18. The maximum absolute atomic E-state index is 12.6. The van der Waals surface area contributed by atoms with Crippen molar-refractivity contribution in [2.75, 3.05) is 5.32 Å². The summed E-state index contributed by atoms with van der Waals surface area (Å²) in [5, 5.41) is 6.59. The Hall–Kier alpha value is -3.55. The molecule has 0 spiro atoms. The standard InChI is InChI=1S/C19H18N6O2/c1-25-10-16(17(24-25)18(20)26)23-19(27)15-4-2-3-14(22-15)12-7-8-13(21-9-12)11-5-6-11/h2-4,7-11H,5-6H2,1H3,(H2,20,26)(H,23,27). The lowest BCUT2D eigenvalue weighted by molar-refractivity contribution is 0.0995. The van der Waals surface area contributed by atoms with Gasteiger partial charge in [0.05, 0.1) is 11.4 Å². The topological polar surface area (TPSA) is 116 Å². The highest BCUT2D eigenvalue weighted by molar-refractivity contribution is 6.07. The van der Waals surface area contributed by atoms with E-state index in [0.717, 1.165) is 11.3 Å². The Morgan fingerprint density at radius 1 is 1.22 bits per heavy atom. The summed E-state index contributed by atoms with van der Waals surface area (Å²) in [6.45, 7) is 0. The third-order valence-electron chi connectivity index (χ3n) is 4.37. The van der Waals surface area contributed by atoms with Crippen molar-refractivity contribution in [1.29, 1.82) is 0 Å². The number of carbonyl (C=O) groups is 2. The minimum Gasteiger partial charge on any atom is -0.364 e. The van der Waals surface area contributed by atoms with E-state index in [1.54, 1.807) is 25.4 Å². The molecule has 3 heterocycles. The van der Waals surface area contributed by atoms with Crippen LogP contribution in [-0.2, 0) is 7.05 Å². The van der Waals surface area contributed by atoms with Crippen molar-refractivity contribution in [1.82, 2.24) is 19.7 Å². The summed E-state index contributed by atoms with van der Waals surface area (Å²) in [5.41, 5.74) is 8.35. The number of amides is 2. The highest BCUT2D eigenvalue weighted by Crippen LogP contribution is 2.39.